The van der Waals surface area contributed by atoms with Crippen LogP contribution in [0.4, 0.5) is 9.52 Å². The van der Waals surface area contributed by atoms with Gasteiger partial charge in [-0.05, 0) is 63.3 Å². The van der Waals surface area contributed by atoms with Crippen molar-refractivity contribution < 1.29 is 27.1 Å². The van der Waals surface area contributed by atoms with Crippen molar-refractivity contribution >= 4 is 42.6 Å². The van der Waals surface area contributed by atoms with Crippen molar-refractivity contribution in [2.45, 2.75) is 23.8 Å². The first kappa shape index (κ1) is 26.3. The monoisotopic (exact) mass is 536 g/mol. The highest BCUT2D eigenvalue weighted by molar-refractivity contribution is 7.89. The lowest BCUT2D eigenvalue weighted by Gasteiger charge is -2.29. The van der Waals surface area contributed by atoms with Crippen molar-refractivity contribution in [1.82, 2.24) is 14.2 Å². The smallest absolute Gasteiger partial charge is 0.247 e. The van der Waals surface area contributed by atoms with Gasteiger partial charge in [-0.2, -0.15) is 4.31 Å². The van der Waals surface area contributed by atoms with Crippen LogP contribution in [0.2, 0.25) is 0 Å². The number of likely N-dealkylation sites (N-methyl/N-ethyl adjacent to an activating group) is 1. The van der Waals surface area contributed by atoms with E-state index in [1.165, 1.54) is 27.8 Å². The standard InChI is InChI=1S/C24H29FN4O5S2/c1-27(2)14-15-28(24-26-21-19(33-3)11-12-20(34-4)22(21)35-24)23(30)18-6-5-13-29(18)36(31,32)17-9-7-16(25)8-10-17/h7-12,18H,5-6,13-15H2,1-4H3. The number of carbonyl (C=O) groups excluding carboxylic acids is 1. The molecule has 194 valence electrons. The van der Waals surface area contributed by atoms with Crippen LogP contribution in [0.1, 0.15) is 12.8 Å². The Labute approximate surface area is 214 Å². The molecule has 1 saturated heterocycles. The van der Waals surface area contributed by atoms with Gasteiger partial charge in [0, 0.05) is 19.6 Å². The third-order valence-electron chi connectivity index (χ3n) is 6.08. The lowest BCUT2D eigenvalue weighted by atomic mass is 10.2. The molecule has 1 amide bonds. The van der Waals surface area contributed by atoms with Crippen LogP contribution < -0.4 is 14.4 Å². The first-order valence-corrected chi connectivity index (χ1v) is 13.7. The summed E-state index contributed by atoms with van der Waals surface area (Å²) in [6.07, 6.45) is 0.926. The largest absolute Gasteiger partial charge is 0.495 e. The van der Waals surface area contributed by atoms with Gasteiger partial charge in [0.1, 0.15) is 33.6 Å². The predicted octanol–water partition coefficient (Wildman–Crippen LogP) is 3.20. The first-order chi connectivity index (χ1) is 17.2. The Morgan fingerprint density at radius 1 is 1.11 bits per heavy atom. The van der Waals surface area contributed by atoms with Crippen LogP contribution in [0.25, 0.3) is 10.2 Å². The van der Waals surface area contributed by atoms with Crippen molar-refractivity contribution in [3.8, 4) is 11.5 Å². The molecule has 36 heavy (non-hydrogen) atoms. The Morgan fingerprint density at radius 3 is 2.42 bits per heavy atom. The predicted molar refractivity (Wildman–Crippen MR) is 137 cm³/mol. The summed E-state index contributed by atoms with van der Waals surface area (Å²) in [5, 5.41) is 0.436. The van der Waals surface area contributed by atoms with E-state index < -0.39 is 21.9 Å². The number of methoxy groups -OCH3 is 2. The average molecular weight is 537 g/mol. The number of halogens is 1. The van der Waals surface area contributed by atoms with E-state index in [1.807, 2.05) is 19.0 Å². The van der Waals surface area contributed by atoms with Crippen molar-refractivity contribution in [2.24, 2.45) is 0 Å². The molecule has 0 aliphatic carbocycles. The van der Waals surface area contributed by atoms with Crippen LogP contribution in [-0.2, 0) is 14.8 Å². The molecule has 1 aliphatic heterocycles. The summed E-state index contributed by atoms with van der Waals surface area (Å²) in [7, 11) is 2.91. The fourth-order valence-corrected chi connectivity index (χ4v) is 6.94. The maximum Gasteiger partial charge on any atom is 0.247 e. The van der Waals surface area contributed by atoms with Crippen molar-refractivity contribution in [3.05, 3.63) is 42.2 Å². The second-order valence-corrected chi connectivity index (χ2v) is 11.5. The van der Waals surface area contributed by atoms with Crippen LogP contribution in [0, 0.1) is 5.82 Å². The summed E-state index contributed by atoms with van der Waals surface area (Å²) >= 11 is 1.29. The Morgan fingerprint density at radius 2 is 1.78 bits per heavy atom. The summed E-state index contributed by atoms with van der Waals surface area (Å²) in [5.74, 6) is 0.280. The normalized spacial score (nSPS) is 16.6. The van der Waals surface area contributed by atoms with Crippen molar-refractivity contribution in [2.75, 3.05) is 52.8 Å². The van der Waals surface area contributed by atoms with E-state index in [-0.39, 0.29) is 17.3 Å². The number of carbonyl (C=O) groups is 1. The lowest BCUT2D eigenvalue weighted by molar-refractivity contribution is -0.121. The molecule has 1 fully saturated rings. The molecular weight excluding hydrogens is 507 g/mol. The molecule has 0 spiro atoms. The number of hydrogen-bond donors (Lipinski definition) is 0. The summed E-state index contributed by atoms with van der Waals surface area (Å²) in [6, 6.07) is 7.29. The first-order valence-electron chi connectivity index (χ1n) is 11.4. The number of thiazole rings is 1. The number of rotatable bonds is 9. The third-order valence-corrected chi connectivity index (χ3v) is 9.09. The van der Waals surface area contributed by atoms with Crippen molar-refractivity contribution in [1.29, 1.82) is 0 Å². The molecular formula is C24H29FN4O5S2. The van der Waals surface area contributed by atoms with Gasteiger partial charge in [0.15, 0.2) is 5.13 Å². The Balaban J connectivity index is 1.73. The molecule has 0 radical (unpaired) electrons. The molecule has 12 heteroatoms. The van der Waals surface area contributed by atoms with E-state index in [0.717, 1.165) is 16.8 Å². The van der Waals surface area contributed by atoms with E-state index in [9.17, 15) is 17.6 Å². The minimum atomic E-state index is -3.99. The van der Waals surface area contributed by atoms with Gasteiger partial charge in [0.2, 0.25) is 15.9 Å². The maximum absolute atomic E-state index is 13.9. The Kier molecular flexibility index (Phi) is 7.79. The SMILES string of the molecule is COc1ccc(OC)c2sc(N(CCN(C)C)C(=O)C3CCCN3S(=O)(=O)c3ccc(F)cc3)nc12. The molecule has 1 unspecified atom stereocenters. The topological polar surface area (TPSA) is 92.3 Å². The molecule has 1 aromatic heterocycles. The van der Waals surface area contributed by atoms with Gasteiger partial charge in [-0.25, -0.2) is 17.8 Å². The minimum absolute atomic E-state index is 0.0436. The number of nitrogens with zero attached hydrogens (tertiary/aromatic N) is 4. The molecule has 2 aromatic carbocycles. The van der Waals surface area contributed by atoms with Crippen LogP contribution in [-0.4, -0.2) is 82.5 Å². The zero-order valence-electron chi connectivity index (χ0n) is 20.6. The van der Waals surface area contributed by atoms with Crippen LogP contribution in [0.15, 0.2) is 41.3 Å². The quantitative estimate of drug-likeness (QED) is 0.415. The van der Waals surface area contributed by atoms with Gasteiger partial charge >= 0.3 is 0 Å². The molecule has 9 nitrogen and oxygen atoms in total. The lowest BCUT2D eigenvalue weighted by Crippen LogP contribution is -2.49. The zero-order chi connectivity index (χ0) is 26.0. The minimum Gasteiger partial charge on any atom is -0.495 e. The molecule has 2 heterocycles. The maximum atomic E-state index is 13.9. The third kappa shape index (κ3) is 5.03. The molecule has 4 rings (SSSR count). The highest BCUT2D eigenvalue weighted by atomic mass is 32.2. The summed E-state index contributed by atoms with van der Waals surface area (Å²) in [5.41, 5.74) is 0.571. The zero-order valence-corrected chi connectivity index (χ0v) is 22.2. The number of benzene rings is 2. The second kappa shape index (κ2) is 10.7. The number of sulfonamides is 1. The van der Waals surface area contributed by atoms with E-state index in [0.29, 0.717) is 48.1 Å². The highest BCUT2D eigenvalue weighted by Gasteiger charge is 2.42. The van der Waals surface area contributed by atoms with E-state index in [4.69, 9.17) is 14.5 Å². The van der Waals surface area contributed by atoms with Gasteiger partial charge in [-0.3, -0.25) is 9.69 Å². The summed E-state index contributed by atoms with van der Waals surface area (Å²) in [6.45, 7) is 1.07. The fourth-order valence-electron chi connectivity index (χ4n) is 4.19. The van der Waals surface area contributed by atoms with Gasteiger partial charge in [0.05, 0.1) is 19.1 Å². The van der Waals surface area contributed by atoms with Crippen LogP contribution in [0.3, 0.4) is 0 Å². The van der Waals surface area contributed by atoms with E-state index in [1.54, 1.807) is 31.3 Å². The molecule has 0 saturated carbocycles. The number of hydrogen-bond acceptors (Lipinski definition) is 8. The number of aromatic nitrogens is 1. The molecule has 0 bridgehead atoms. The van der Waals surface area contributed by atoms with Crippen LogP contribution in [0.5, 0.6) is 11.5 Å². The fraction of sp³-hybridized carbons (Fsp3) is 0.417. The highest BCUT2D eigenvalue weighted by Crippen LogP contribution is 2.40. The number of ether oxygens (including phenoxy) is 2. The van der Waals surface area contributed by atoms with E-state index >= 15 is 0 Å². The molecule has 0 N–H and O–H groups in total. The van der Waals surface area contributed by atoms with Crippen LogP contribution >= 0.6 is 11.3 Å². The number of amides is 1. The van der Waals surface area contributed by atoms with Crippen molar-refractivity contribution in [3.63, 3.8) is 0 Å². The molecule has 1 atom stereocenters. The van der Waals surface area contributed by atoms with Gasteiger partial charge in [0.25, 0.3) is 0 Å². The summed E-state index contributed by atoms with van der Waals surface area (Å²) < 4.78 is 53.0. The number of anilines is 1. The average Bonchev–Trinajstić information content (AvgIpc) is 3.52. The Hall–Kier alpha value is -2.80. The Bertz CT molecular complexity index is 1300. The molecule has 3 aromatic rings. The van der Waals surface area contributed by atoms with E-state index in [2.05, 4.69) is 0 Å². The summed E-state index contributed by atoms with van der Waals surface area (Å²) in [4.78, 5) is 22.1. The second-order valence-electron chi connectivity index (χ2n) is 8.67. The molecule has 1 aliphatic rings. The van der Waals surface area contributed by atoms with Gasteiger partial charge in [-0.15, -0.1) is 0 Å². The van der Waals surface area contributed by atoms with Gasteiger partial charge in [-0.1, -0.05) is 11.3 Å². The number of fused-ring (bicyclic) bond motifs is 1. The van der Waals surface area contributed by atoms with Gasteiger partial charge < -0.3 is 14.4 Å².